The normalized spacial score (nSPS) is 22.5. The van der Waals surface area contributed by atoms with Gasteiger partial charge in [0, 0.05) is 19.6 Å². The van der Waals surface area contributed by atoms with Crippen LogP contribution in [0.25, 0.3) is 0 Å². The Bertz CT molecular complexity index is 507. The van der Waals surface area contributed by atoms with Crippen molar-refractivity contribution in [3.63, 3.8) is 0 Å². The summed E-state index contributed by atoms with van der Waals surface area (Å²) >= 11 is 0. The van der Waals surface area contributed by atoms with Crippen LogP contribution in [0.15, 0.2) is 24.3 Å². The Labute approximate surface area is 127 Å². The lowest BCUT2D eigenvalue weighted by Gasteiger charge is -2.35. The molecule has 1 N–H and O–H groups in total. The molecule has 1 heterocycles. The summed E-state index contributed by atoms with van der Waals surface area (Å²) < 4.78 is 42.9. The highest BCUT2D eigenvalue weighted by Gasteiger charge is 2.30. The van der Waals surface area contributed by atoms with Crippen LogP contribution in [0.1, 0.15) is 25.0 Å². The molecule has 2 amide bonds. The van der Waals surface area contributed by atoms with Crippen LogP contribution >= 0.6 is 0 Å². The first-order chi connectivity index (χ1) is 10.3. The highest BCUT2D eigenvalue weighted by molar-refractivity contribution is 5.74. The number of nitrogens with zero attached hydrogens (tertiary/aromatic N) is 1. The van der Waals surface area contributed by atoms with Crippen molar-refractivity contribution in [2.45, 2.75) is 38.8 Å². The topological polar surface area (TPSA) is 41.6 Å². The maximum Gasteiger partial charge on any atom is 0.416 e. The Morgan fingerprint density at radius 3 is 2.27 bits per heavy atom. The Balaban J connectivity index is 1.88. The Morgan fingerprint density at radius 2 is 1.77 bits per heavy atom. The van der Waals surface area contributed by atoms with Gasteiger partial charge >= 0.3 is 12.2 Å². The average Bonchev–Trinajstić information content (AvgIpc) is 2.43. The summed E-state index contributed by atoms with van der Waals surface area (Å²) in [5, 5.41) is 2.72. The second kappa shape index (κ2) is 6.56. The Morgan fingerprint density at radius 1 is 1.23 bits per heavy atom. The highest BCUT2D eigenvalue weighted by Crippen LogP contribution is 2.29. The number of morpholine rings is 1. The summed E-state index contributed by atoms with van der Waals surface area (Å²) in [5.74, 6) is 0. The zero-order valence-electron chi connectivity index (χ0n) is 12.5. The molecule has 2 rings (SSSR count). The largest absolute Gasteiger partial charge is 0.416 e. The number of hydrogen-bond acceptors (Lipinski definition) is 2. The number of urea groups is 1. The van der Waals surface area contributed by atoms with Crippen molar-refractivity contribution >= 4 is 6.03 Å². The molecule has 2 atom stereocenters. The lowest BCUT2D eigenvalue weighted by atomic mass is 10.1. The molecule has 4 nitrogen and oxygen atoms in total. The number of amides is 2. The molecule has 1 aliphatic rings. The molecule has 0 bridgehead atoms. The van der Waals surface area contributed by atoms with Gasteiger partial charge in [0.05, 0.1) is 17.8 Å². The summed E-state index contributed by atoms with van der Waals surface area (Å²) in [5.41, 5.74) is -0.0749. The standard InChI is InChI=1S/C15H19F3N2O2/c1-10-8-20(9-11(2)22-10)14(21)19-7-12-3-5-13(6-4-12)15(16,17)18/h3-6,10-11H,7-9H2,1-2H3,(H,19,21). The Kier molecular flexibility index (Phi) is 4.95. The average molecular weight is 316 g/mol. The molecule has 0 saturated carbocycles. The van der Waals surface area contributed by atoms with Crippen LogP contribution in [-0.4, -0.2) is 36.2 Å². The first-order valence-corrected chi connectivity index (χ1v) is 7.10. The molecule has 122 valence electrons. The molecule has 22 heavy (non-hydrogen) atoms. The zero-order chi connectivity index (χ0) is 16.3. The van der Waals surface area contributed by atoms with Crippen molar-refractivity contribution in [2.75, 3.05) is 13.1 Å². The summed E-state index contributed by atoms with van der Waals surface area (Å²) in [4.78, 5) is 13.7. The van der Waals surface area contributed by atoms with Gasteiger partial charge in [0.2, 0.25) is 0 Å². The summed E-state index contributed by atoms with van der Waals surface area (Å²) in [7, 11) is 0. The van der Waals surface area contributed by atoms with E-state index in [1.807, 2.05) is 13.8 Å². The van der Waals surface area contributed by atoms with Crippen molar-refractivity contribution in [1.82, 2.24) is 10.2 Å². The number of carbonyl (C=O) groups excluding carboxylic acids is 1. The van der Waals surface area contributed by atoms with Crippen molar-refractivity contribution in [2.24, 2.45) is 0 Å². The van der Waals surface area contributed by atoms with Gasteiger partial charge in [-0.3, -0.25) is 0 Å². The number of rotatable bonds is 2. The number of hydrogen-bond donors (Lipinski definition) is 1. The molecule has 0 spiro atoms. The van der Waals surface area contributed by atoms with Gasteiger partial charge in [0.15, 0.2) is 0 Å². The highest BCUT2D eigenvalue weighted by atomic mass is 19.4. The lowest BCUT2D eigenvalue weighted by molar-refractivity contribution is -0.137. The minimum atomic E-state index is -4.35. The van der Waals surface area contributed by atoms with Gasteiger partial charge in [0.25, 0.3) is 0 Å². The molecule has 1 saturated heterocycles. The van der Waals surface area contributed by atoms with Crippen LogP contribution in [0.4, 0.5) is 18.0 Å². The van der Waals surface area contributed by atoms with E-state index in [0.717, 1.165) is 12.1 Å². The van der Waals surface area contributed by atoms with Gasteiger partial charge in [-0.2, -0.15) is 13.2 Å². The zero-order valence-corrected chi connectivity index (χ0v) is 12.5. The van der Waals surface area contributed by atoms with E-state index < -0.39 is 11.7 Å². The van der Waals surface area contributed by atoms with Gasteiger partial charge in [-0.1, -0.05) is 12.1 Å². The minimum Gasteiger partial charge on any atom is -0.372 e. The molecule has 1 fully saturated rings. The molecule has 1 aromatic carbocycles. The monoisotopic (exact) mass is 316 g/mol. The Hall–Kier alpha value is -1.76. The number of halogens is 3. The minimum absolute atomic E-state index is 0.0273. The van der Waals surface area contributed by atoms with Crippen LogP contribution in [0.3, 0.4) is 0 Å². The van der Waals surface area contributed by atoms with E-state index in [1.54, 1.807) is 4.90 Å². The van der Waals surface area contributed by atoms with E-state index >= 15 is 0 Å². The van der Waals surface area contributed by atoms with Gasteiger partial charge in [0.1, 0.15) is 0 Å². The predicted octanol–water partition coefficient (Wildman–Crippen LogP) is 3.02. The van der Waals surface area contributed by atoms with Crippen LogP contribution in [0.2, 0.25) is 0 Å². The molecule has 0 aromatic heterocycles. The molecule has 0 radical (unpaired) electrons. The van der Waals surface area contributed by atoms with E-state index in [9.17, 15) is 18.0 Å². The summed E-state index contributed by atoms with van der Waals surface area (Å²) in [6.07, 6.45) is -4.40. The fourth-order valence-electron chi connectivity index (χ4n) is 2.44. The number of benzene rings is 1. The third kappa shape index (κ3) is 4.37. The van der Waals surface area contributed by atoms with E-state index in [4.69, 9.17) is 4.74 Å². The smallest absolute Gasteiger partial charge is 0.372 e. The van der Waals surface area contributed by atoms with Crippen LogP contribution in [0.5, 0.6) is 0 Å². The van der Waals surface area contributed by atoms with Crippen LogP contribution < -0.4 is 5.32 Å². The summed E-state index contributed by atoms with van der Waals surface area (Å²) in [6.45, 7) is 4.99. The van der Waals surface area contributed by atoms with Crippen molar-refractivity contribution in [3.8, 4) is 0 Å². The van der Waals surface area contributed by atoms with Gasteiger partial charge in [-0.05, 0) is 31.5 Å². The number of alkyl halides is 3. The molecule has 0 aliphatic carbocycles. The number of ether oxygens (including phenoxy) is 1. The first-order valence-electron chi connectivity index (χ1n) is 7.10. The lowest BCUT2D eigenvalue weighted by Crippen LogP contribution is -2.51. The van der Waals surface area contributed by atoms with Crippen molar-refractivity contribution in [3.05, 3.63) is 35.4 Å². The molecule has 1 aliphatic heterocycles. The van der Waals surface area contributed by atoms with Crippen LogP contribution in [-0.2, 0) is 17.5 Å². The van der Waals surface area contributed by atoms with E-state index in [2.05, 4.69) is 5.32 Å². The van der Waals surface area contributed by atoms with Crippen molar-refractivity contribution in [1.29, 1.82) is 0 Å². The van der Waals surface area contributed by atoms with Crippen molar-refractivity contribution < 1.29 is 22.7 Å². The molecule has 7 heteroatoms. The summed E-state index contributed by atoms with van der Waals surface area (Å²) in [6, 6.07) is 4.53. The molecule has 1 aromatic rings. The second-order valence-electron chi connectivity index (χ2n) is 5.52. The fourth-order valence-corrected chi connectivity index (χ4v) is 2.44. The molecule has 2 unspecified atom stereocenters. The SMILES string of the molecule is CC1CN(C(=O)NCc2ccc(C(F)(F)F)cc2)CC(C)O1. The number of carbonyl (C=O) groups is 1. The second-order valence-corrected chi connectivity index (χ2v) is 5.52. The van der Waals surface area contributed by atoms with Gasteiger partial charge < -0.3 is 15.0 Å². The predicted molar refractivity (Wildman–Crippen MR) is 75.3 cm³/mol. The van der Waals surface area contributed by atoms with Gasteiger partial charge in [-0.15, -0.1) is 0 Å². The fraction of sp³-hybridized carbons (Fsp3) is 0.533. The maximum atomic E-state index is 12.5. The van der Waals surface area contributed by atoms with E-state index in [1.165, 1.54) is 12.1 Å². The van der Waals surface area contributed by atoms with E-state index in [0.29, 0.717) is 18.7 Å². The maximum absolute atomic E-state index is 12.5. The quantitative estimate of drug-likeness (QED) is 0.911. The third-order valence-corrected chi connectivity index (χ3v) is 3.43. The van der Waals surface area contributed by atoms with Crippen LogP contribution in [0, 0.1) is 0 Å². The first kappa shape index (κ1) is 16.6. The number of nitrogens with one attached hydrogen (secondary N) is 1. The third-order valence-electron chi connectivity index (χ3n) is 3.43. The van der Waals surface area contributed by atoms with Gasteiger partial charge in [-0.25, -0.2) is 4.79 Å². The molecular weight excluding hydrogens is 297 g/mol. The van der Waals surface area contributed by atoms with E-state index in [-0.39, 0.29) is 24.8 Å². The molecular formula is C15H19F3N2O2.